The lowest BCUT2D eigenvalue weighted by Crippen LogP contribution is -2.43. The summed E-state index contributed by atoms with van der Waals surface area (Å²) in [4.78, 5) is 53.7. The minimum absolute atomic E-state index is 0.0636. The van der Waals surface area contributed by atoms with E-state index in [1.54, 1.807) is 24.3 Å². The summed E-state index contributed by atoms with van der Waals surface area (Å²) in [6.45, 7) is 0.678. The minimum Gasteiger partial charge on any atom is -0.351 e. The van der Waals surface area contributed by atoms with Gasteiger partial charge in [0.2, 0.25) is 0 Å². The molecule has 1 saturated heterocycles. The first-order valence-electron chi connectivity index (χ1n) is 13.0. The number of urea groups is 1. The fourth-order valence-electron chi connectivity index (χ4n) is 4.84. The molecule has 1 fully saturated rings. The highest BCUT2D eigenvalue weighted by Gasteiger charge is 2.39. The monoisotopic (exact) mass is 588 g/mol. The lowest BCUT2D eigenvalue weighted by molar-refractivity contribution is -0.122. The maximum absolute atomic E-state index is 14.8. The maximum Gasteiger partial charge on any atom is 0.323 e. The van der Waals surface area contributed by atoms with Gasteiger partial charge in [-0.3, -0.25) is 14.2 Å². The van der Waals surface area contributed by atoms with Crippen molar-refractivity contribution < 1.29 is 28.0 Å². The zero-order valence-electron chi connectivity index (χ0n) is 22.6. The van der Waals surface area contributed by atoms with Crippen LogP contribution >= 0.6 is 11.6 Å². The normalized spacial score (nSPS) is 16.8. The van der Waals surface area contributed by atoms with Crippen LogP contribution < -0.4 is 16.4 Å². The lowest BCUT2D eigenvalue weighted by atomic mass is 9.99. The van der Waals surface area contributed by atoms with Gasteiger partial charge in [-0.25, -0.2) is 18.4 Å². The molecule has 4 rings (SSSR count). The topological polar surface area (TPSA) is 130 Å². The summed E-state index contributed by atoms with van der Waals surface area (Å²) < 4.78 is 30.4. The zero-order chi connectivity index (χ0) is 29.8. The second kappa shape index (κ2) is 12.6. The third-order valence-electron chi connectivity index (χ3n) is 6.92. The molecule has 2 heterocycles. The van der Waals surface area contributed by atoms with Gasteiger partial charge in [0.15, 0.2) is 5.78 Å². The molecule has 0 saturated carbocycles. The van der Waals surface area contributed by atoms with Crippen LogP contribution in [-0.4, -0.2) is 84.1 Å². The molecule has 0 aliphatic carbocycles. The molecule has 41 heavy (non-hydrogen) atoms. The van der Waals surface area contributed by atoms with Crippen LogP contribution in [0, 0.1) is 5.82 Å². The number of fused-ring (bicyclic) bond motifs is 1. The van der Waals surface area contributed by atoms with Crippen molar-refractivity contribution in [2.24, 2.45) is 5.73 Å². The van der Waals surface area contributed by atoms with Gasteiger partial charge >= 0.3 is 12.1 Å². The Kier molecular flexibility index (Phi) is 9.24. The van der Waals surface area contributed by atoms with Crippen molar-refractivity contribution in [3.05, 3.63) is 64.6 Å². The van der Waals surface area contributed by atoms with Crippen LogP contribution in [0.5, 0.6) is 0 Å². The Hall–Kier alpha value is -4.03. The summed E-state index contributed by atoms with van der Waals surface area (Å²) >= 11 is 6.02. The van der Waals surface area contributed by atoms with Crippen LogP contribution in [0.1, 0.15) is 28.8 Å². The van der Waals surface area contributed by atoms with E-state index >= 15 is 0 Å². The number of aromatic nitrogens is 1. The van der Waals surface area contributed by atoms with Gasteiger partial charge in [-0.1, -0.05) is 29.8 Å². The standard InChI is InChI=1S/C28H31ClF2N6O4/c1-35(2)10-9-33-26(39)17-11-16(25(31)20(29)12-17)7-8-24(38)23-13-18(30)14-37(23)28(41)34-21-15-36(27(32)40)22-6-4-3-5-19(21)22/h3-6,11-12,15,18,23H,7-10,13-14H2,1-2H3,(H2,32,40)(H,33,39)(H,34,41)/t18-,23+/m1/s1. The molecule has 1 aliphatic rings. The van der Waals surface area contributed by atoms with Gasteiger partial charge in [0.05, 0.1) is 28.8 Å². The number of hydrogen-bond acceptors (Lipinski definition) is 5. The number of ketones is 1. The number of para-hydroxylation sites is 1. The first kappa shape index (κ1) is 29.9. The fourth-order valence-corrected chi connectivity index (χ4v) is 5.08. The highest BCUT2D eigenvalue weighted by Crippen LogP contribution is 2.29. The van der Waals surface area contributed by atoms with Crippen LogP contribution in [0.2, 0.25) is 5.02 Å². The van der Waals surface area contributed by atoms with Crippen molar-refractivity contribution in [2.45, 2.75) is 31.5 Å². The van der Waals surface area contributed by atoms with Crippen molar-refractivity contribution in [2.75, 3.05) is 39.0 Å². The number of primary amides is 1. The molecule has 13 heteroatoms. The lowest BCUT2D eigenvalue weighted by Gasteiger charge is -2.23. The average Bonchev–Trinajstić information content (AvgIpc) is 3.50. The Morgan fingerprint density at radius 2 is 1.90 bits per heavy atom. The molecule has 1 aromatic heterocycles. The Labute approximate surface area is 240 Å². The van der Waals surface area contributed by atoms with Crippen LogP contribution in [0.15, 0.2) is 42.6 Å². The molecular formula is C28H31ClF2N6O4. The number of alkyl halides is 1. The molecule has 2 aromatic carbocycles. The molecule has 0 unspecified atom stereocenters. The van der Waals surface area contributed by atoms with Gasteiger partial charge in [0.25, 0.3) is 5.91 Å². The summed E-state index contributed by atoms with van der Waals surface area (Å²) in [7, 11) is 3.72. The Balaban J connectivity index is 1.45. The van der Waals surface area contributed by atoms with E-state index in [0.717, 1.165) is 4.90 Å². The Morgan fingerprint density at radius 3 is 2.61 bits per heavy atom. The van der Waals surface area contributed by atoms with Crippen molar-refractivity contribution >= 4 is 51.9 Å². The number of Topliss-reactive ketones (excluding diaryl/α,β-unsaturated/α-hetero) is 1. The van der Waals surface area contributed by atoms with Gasteiger partial charge in [0.1, 0.15) is 12.0 Å². The fraction of sp³-hybridized carbons (Fsp3) is 0.357. The molecular weight excluding hydrogens is 558 g/mol. The predicted octanol–water partition coefficient (Wildman–Crippen LogP) is 3.80. The molecule has 3 aromatic rings. The summed E-state index contributed by atoms with van der Waals surface area (Å²) in [6.07, 6.45) is -0.574. The van der Waals surface area contributed by atoms with E-state index in [-0.39, 0.29) is 47.6 Å². The number of benzene rings is 2. The highest BCUT2D eigenvalue weighted by molar-refractivity contribution is 6.31. The number of likely N-dealkylation sites (tertiary alicyclic amines) is 1. The van der Waals surface area contributed by atoms with E-state index in [2.05, 4.69) is 10.6 Å². The molecule has 10 nitrogen and oxygen atoms in total. The van der Waals surface area contributed by atoms with Gasteiger partial charge in [0, 0.05) is 43.1 Å². The van der Waals surface area contributed by atoms with Gasteiger partial charge in [-0.2, -0.15) is 0 Å². The predicted molar refractivity (Wildman–Crippen MR) is 152 cm³/mol. The maximum atomic E-state index is 14.8. The number of nitrogens with one attached hydrogen (secondary N) is 2. The number of nitrogens with zero attached hydrogens (tertiary/aromatic N) is 3. The molecule has 0 radical (unpaired) electrons. The largest absolute Gasteiger partial charge is 0.351 e. The summed E-state index contributed by atoms with van der Waals surface area (Å²) in [5.41, 5.74) is 6.40. The third-order valence-corrected chi connectivity index (χ3v) is 7.20. The number of carbonyl (C=O) groups is 4. The van der Waals surface area contributed by atoms with Crippen LogP contribution in [0.3, 0.4) is 0 Å². The first-order valence-corrected chi connectivity index (χ1v) is 13.4. The average molecular weight is 589 g/mol. The van der Waals surface area contributed by atoms with Crippen molar-refractivity contribution in [1.82, 2.24) is 19.7 Å². The summed E-state index contributed by atoms with van der Waals surface area (Å²) in [5.74, 6) is -1.64. The van der Waals surface area contributed by atoms with Crippen molar-refractivity contribution in [3.8, 4) is 0 Å². The number of nitrogens with two attached hydrogens (primary N) is 1. The highest BCUT2D eigenvalue weighted by atomic mass is 35.5. The number of amides is 4. The van der Waals surface area contributed by atoms with E-state index in [1.807, 2.05) is 19.0 Å². The van der Waals surface area contributed by atoms with Crippen molar-refractivity contribution in [1.29, 1.82) is 0 Å². The zero-order valence-corrected chi connectivity index (χ0v) is 23.4. The quantitative estimate of drug-likeness (QED) is 0.350. The van der Waals surface area contributed by atoms with Crippen molar-refractivity contribution in [3.63, 3.8) is 0 Å². The number of likely N-dealkylation sites (N-methyl/N-ethyl adjacent to an activating group) is 1. The number of aryl methyl sites for hydroxylation is 1. The summed E-state index contributed by atoms with van der Waals surface area (Å²) in [6, 6.07) is 6.78. The number of hydrogen-bond donors (Lipinski definition) is 3. The first-order chi connectivity index (χ1) is 19.5. The smallest absolute Gasteiger partial charge is 0.323 e. The van der Waals surface area contributed by atoms with Crippen LogP contribution in [-0.2, 0) is 11.2 Å². The molecule has 218 valence electrons. The molecule has 4 N–H and O–H groups in total. The Bertz CT molecular complexity index is 1490. The van der Waals surface area contributed by atoms with E-state index in [4.69, 9.17) is 17.3 Å². The number of carbonyl (C=O) groups excluding carboxylic acids is 4. The SMILES string of the molecule is CN(C)CCNC(=O)c1cc(Cl)c(F)c(CCC(=O)[C@@H]2C[C@@H](F)CN2C(=O)Nc2cn(C(N)=O)c3ccccc23)c1. The molecule has 2 atom stereocenters. The molecule has 0 spiro atoms. The van der Waals surface area contributed by atoms with E-state index in [0.29, 0.717) is 24.0 Å². The van der Waals surface area contributed by atoms with E-state index < -0.39 is 41.8 Å². The van der Waals surface area contributed by atoms with Gasteiger partial charge < -0.3 is 26.2 Å². The Morgan fingerprint density at radius 1 is 1.17 bits per heavy atom. The molecule has 4 amide bonds. The number of anilines is 1. The summed E-state index contributed by atoms with van der Waals surface area (Å²) in [5, 5.41) is 5.67. The molecule has 0 bridgehead atoms. The second-order valence-electron chi connectivity index (χ2n) is 10.2. The number of rotatable bonds is 9. The van der Waals surface area contributed by atoms with Gasteiger partial charge in [-0.15, -0.1) is 0 Å². The van der Waals surface area contributed by atoms with E-state index in [1.165, 1.54) is 22.9 Å². The number of halogens is 3. The van der Waals surface area contributed by atoms with Crippen LogP contribution in [0.4, 0.5) is 24.1 Å². The molecule has 1 aliphatic heterocycles. The minimum atomic E-state index is -1.43. The second-order valence-corrected chi connectivity index (χ2v) is 10.6. The van der Waals surface area contributed by atoms with E-state index in [9.17, 15) is 28.0 Å². The third kappa shape index (κ3) is 6.83. The van der Waals surface area contributed by atoms with Crippen LogP contribution in [0.25, 0.3) is 10.9 Å². The van der Waals surface area contributed by atoms with Gasteiger partial charge in [-0.05, 0) is 44.3 Å².